The molecule has 0 heterocycles. The fourth-order valence-electron chi connectivity index (χ4n) is 14.3. The SMILES string of the molecule is C1=Cc2ccccc2Cc2ccccc21.CCCCC1c2ccccc2C=Cc2ccccc21.CNCCCC1c2ccccc2C=Cc2ccccc21.CNCCCC1c2ccccc2C=Cc2ccccc21.Cl.OCCCC1c2ccccc2C=Cc2ccccc21.OCCCCl. The van der Waals surface area contributed by atoms with E-state index in [1.165, 1.54) is 156 Å². The summed E-state index contributed by atoms with van der Waals surface area (Å²) in [4.78, 5) is 0. The van der Waals surface area contributed by atoms with Gasteiger partial charge in [0.15, 0.2) is 0 Å². The van der Waals surface area contributed by atoms with Crippen LogP contribution in [0.3, 0.4) is 0 Å². The molecule has 10 aromatic rings. The summed E-state index contributed by atoms with van der Waals surface area (Å²) in [5.74, 6) is 2.50. The third kappa shape index (κ3) is 20.5. The standard InChI is InChI=1S/2C19H21N.C19H20.C18H18O.C15H12.C3H7ClO.ClH/c2*1-20-14-6-11-19-17-9-4-2-7-15(17)12-13-16-8-3-5-10-18(16)19;1-2-3-10-19-17-11-6-4-8-15(17)13-14-16-9-5-7-12-18(16)19;19-13-5-10-18-16-8-3-1-6-14(16)11-12-15-7-2-4-9-17(15)18;1-3-7-14-11-15-8-4-2-6-13(15)10-9-12(14)5-1;4-2-1-3-5;/h2*2-5,7-10,12-13,19-20H,6,11,14H2,1H3;4-9,11-14,19H,2-3,10H2,1H3;1-4,6-9,11-12,18-19H,5,10,13H2;1-10H,11H2;5H,1-3H2;1H. The van der Waals surface area contributed by atoms with Crippen LogP contribution in [0.2, 0.25) is 0 Å². The number of halogens is 2. The first-order valence-electron chi connectivity index (χ1n) is 35.8. The van der Waals surface area contributed by atoms with Crippen LogP contribution in [0.4, 0.5) is 0 Å². The highest BCUT2D eigenvalue weighted by Gasteiger charge is 2.24. The van der Waals surface area contributed by atoms with Crippen LogP contribution in [0, 0.1) is 0 Å². The fraction of sp³-hybridized carbons (Fsp3) is 0.247. The molecule has 99 heavy (non-hydrogen) atoms. The molecule has 0 aliphatic heterocycles. The van der Waals surface area contributed by atoms with Gasteiger partial charge in [-0.1, -0.05) is 323 Å². The number of aliphatic hydroxyl groups excluding tert-OH is 2. The van der Waals surface area contributed by atoms with Crippen LogP contribution in [0.5, 0.6) is 0 Å². The minimum absolute atomic E-state index is 0. The number of alkyl halides is 1. The van der Waals surface area contributed by atoms with E-state index in [0.717, 1.165) is 32.4 Å². The molecule has 0 amide bonds. The normalized spacial score (nSPS) is 13.2. The molecule has 10 aromatic carbocycles. The molecule has 15 rings (SSSR count). The number of nitrogens with one attached hydrogen (secondary N) is 2. The van der Waals surface area contributed by atoms with Crippen LogP contribution in [-0.4, -0.2) is 56.5 Å². The van der Waals surface area contributed by atoms with E-state index in [-0.39, 0.29) is 25.6 Å². The van der Waals surface area contributed by atoms with Gasteiger partial charge >= 0.3 is 0 Å². The zero-order valence-electron chi connectivity index (χ0n) is 58.2. The van der Waals surface area contributed by atoms with Crippen LogP contribution in [0.15, 0.2) is 243 Å². The Morgan fingerprint density at radius 2 is 0.505 bits per heavy atom. The summed E-state index contributed by atoms with van der Waals surface area (Å²) in [5, 5.41) is 23.6. The molecule has 0 unspecified atom stereocenters. The number of aliphatic hydroxyl groups is 2. The number of rotatable bonds is 16. The highest BCUT2D eigenvalue weighted by molar-refractivity contribution is 6.17. The van der Waals surface area contributed by atoms with Crippen molar-refractivity contribution in [3.05, 3.63) is 354 Å². The van der Waals surface area contributed by atoms with Crippen molar-refractivity contribution in [1.29, 1.82) is 0 Å². The van der Waals surface area contributed by atoms with Gasteiger partial charge in [-0.15, -0.1) is 24.0 Å². The first-order chi connectivity index (χ1) is 48.4. The number of unbranched alkanes of at least 4 members (excludes halogenated alkanes) is 1. The van der Waals surface area contributed by atoms with E-state index in [4.69, 9.17) is 21.8 Å². The van der Waals surface area contributed by atoms with E-state index < -0.39 is 0 Å². The molecular formula is C93H100Cl2N2O2. The maximum atomic E-state index is 9.15. The average Bonchev–Trinajstić information content (AvgIpc) is 1.76. The van der Waals surface area contributed by atoms with E-state index in [9.17, 15) is 0 Å². The van der Waals surface area contributed by atoms with Gasteiger partial charge in [0.1, 0.15) is 0 Å². The Morgan fingerprint density at radius 3 is 0.727 bits per heavy atom. The second kappa shape index (κ2) is 40.4. The number of benzene rings is 10. The fourth-order valence-corrected chi connectivity index (χ4v) is 14.4. The van der Waals surface area contributed by atoms with Crippen LogP contribution >= 0.6 is 24.0 Å². The van der Waals surface area contributed by atoms with Gasteiger partial charge in [-0.25, -0.2) is 0 Å². The first-order valence-corrected chi connectivity index (χ1v) is 36.3. The first kappa shape index (κ1) is 74.5. The maximum absolute atomic E-state index is 9.15. The quantitative estimate of drug-likeness (QED) is 0.0575. The zero-order valence-corrected chi connectivity index (χ0v) is 59.7. The Labute approximate surface area is 603 Å². The second-order valence-electron chi connectivity index (χ2n) is 25.7. The highest BCUT2D eigenvalue weighted by atomic mass is 35.5. The number of hydrogen-bond donors (Lipinski definition) is 4. The maximum Gasteiger partial charge on any atom is 0.0442 e. The summed E-state index contributed by atoms with van der Waals surface area (Å²) >= 11 is 5.14. The molecule has 508 valence electrons. The van der Waals surface area contributed by atoms with Gasteiger partial charge in [0, 0.05) is 42.8 Å². The molecule has 0 bridgehead atoms. The number of fused-ring (bicyclic) bond motifs is 10. The second-order valence-corrected chi connectivity index (χ2v) is 26.1. The van der Waals surface area contributed by atoms with E-state index in [1.54, 1.807) is 0 Å². The van der Waals surface area contributed by atoms with E-state index in [0.29, 0.717) is 36.0 Å². The summed E-state index contributed by atoms with van der Waals surface area (Å²) in [6.45, 7) is 4.90. The summed E-state index contributed by atoms with van der Waals surface area (Å²) < 4.78 is 0. The molecule has 5 aliphatic rings. The third-order valence-electron chi connectivity index (χ3n) is 19.3. The lowest BCUT2D eigenvalue weighted by Crippen LogP contribution is -2.11. The average molecular weight is 1350 g/mol. The van der Waals surface area contributed by atoms with Crippen LogP contribution in [-0.2, 0) is 6.42 Å². The van der Waals surface area contributed by atoms with E-state index in [2.05, 4.69) is 321 Å². The minimum Gasteiger partial charge on any atom is -0.396 e. The molecule has 6 heteroatoms. The van der Waals surface area contributed by atoms with Gasteiger partial charge in [0.2, 0.25) is 0 Å². The Kier molecular flexibility index (Phi) is 30.4. The van der Waals surface area contributed by atoms with Gasteiger partial charge < -0.3 is 20.8 Å². The Morgan fingerprint density at radius 1 is 0.293 bits per heavy atom. The molecule has 0 fully saturated rings. The smallest absolute Gasteiger partial charge is 0.0442 e. The van der Waals surface area contributed by atoms with Crippen molar-refractivity contribution in [2.45, 2.75) is 101 Å². The minimum atomic E-state index is 0. The molecular weight excluding hydrogens is 1250 g/mol. The van der Waals surface area contributed by atoms with E-state index in [1.807, 2.05) is 14.1 Å². The third-order valence-corrected chi connectivity index (χ3v) is 19.6. The molecule has 0 aromatic heterocycles. The van der Waals surface area contributed by atoms with E-state index >= 15 is 0 Å². The largest absolute Gasteiger partial charge is 0.396 e. The molecule has 4 nitrogen and oxygen atoms in total. The summed E-state index contributed by atoms with van der Waals surface area (Å²) in [6, 6.07) is 87.2. The molecule has 5 aliphatic carbocycles. The molecule has 4 N–H and O–H groups in total. The van der Waals surface area contributed by atoms with Crippen molar-refractivity contribution in [1.82, 2.24) is 10.6 Å². The summed E-state index contributed by atoms with van der Waals surface area (Å²) in [7, 11) is 4.05. The summed E-state index contributed by atoms with van der Waals surface area (Å²) in [6.07, 6.45) is 34.5. The Bertz CT molecular complexity index is 3800. The van der Waals surface area contributed by atoms with Crippen LogP contribution < -0.4 is 10.6 Å². The lowest BCUT2D eigenvalue weighted by molar-refractivity contribution is 0.282. The van der Waals surface area contributed by atoms with Crippen LogP contribution in [0.1, 0.15) is 206 Å². The Balaban J connectivity index is 0.000000142. The predicted molar refractivity (Wildman–Crippen MR) is 431 cm³/mol. The Hall–Kier alpha value is -8.68. The molecule has 0 atom stereocenters. The topological polar surface area (TPSA) is 64.5 Å². The highest BCUT2D eigenvalue weighted by Crippen LogP contribution is 2.42. The lowest BCUT2D eigenvalue weighted by Gasteiger charge is -2.20. The zero-order chi connectivity index (χ0) is 67.9. The van der Waals surface area contributed by atoms with Gasteiger partial charge in [0.05, 0.1) is 0 Å². The van der Waals surface area contributed by atoms with Gasteiger partial charge in [0.25, 0.3) is 0 Å². The number of hydrogen-bond acceptors (Lipinski definition) is 4. The molecule has 0 saturated heterocycles. The van der Waals surface area contributed by atoms with Gasteiger partial charge in [-0.2, -0.15) is 0 Å². The van der Waals surface area contributed by atoms with Crippen molar-refractivity contribution in [2.24, 2.45) is 0 Å². The summed E-state index contributed by atoms with van der Waals surface area (Å²) in [5.41, 5.74) is 27.9. The molecule has 0 saturated carbocycles. The predicted octanol–water partition coefficient (Wildman–Crippen LogP) is 23.0. The lowest BCUT2D eigenvalue weighted by atomic mass is 9.84. The van der Waals surface area contributed by atoms with Crippen molar-refractivity contribution < 1.29 is 10.2 Å². The molecule has 0 radical (unpaired) electrons. The van der Waals surface area contributed by atoms with Crippen molar-refractivity contribution in [3.8, 4) is 0 Å². The van der Waals surface area contributed by atoms with Crippen LogP contribution in [0.25, 0.3) is 60.8 Å². The van der Waals surface area contributed by atoms with Crippen molar-refractivity contribution >= 4 is 84.8 Å². The van der Waals surface area contributed by atoms with Crippen molar-refractivity contribution in [3.63, 3.8) is 0 Å². The monoisotopic (exact) mass is 1350 g/mol. The van der Waals surface area contributed by atoms with Gasteiger partial charge in [-0.3, -0.25) is 0 Å². The van der Waals surface area contributed by atoms with Crippen molar-refractivity contribution in [2.75, 3.05) is 46.3 Å². The van der Waals surface area contributed by atoms with Gasteiger partial charge in [-0.05, 0) is 196 Å². The molecule has 0 spiro atoms.